The van der Waals surface area contributed by atoms with E-state index in [9.17, 15) is 30.8 Å². The molecule has 1 unspecified atom stereocenters. The van der Waals surface area contributed by atoms with Crippen LogP contribution < -0.4 is 0 Å². The SMILES string of the molecule is O=C(OCCOC1c2ccccc2-c2ccccc21)C(F)(C(F)(F)F)S(=O)(=O)O. The molecule has 3 rings (SSSR count). The molecule has 0 bridgehead atoms. The number of hydrogen-bond acceptors (Lipinski definition) is 5. The number of fused-ring (bicyclic) bond motifs is 3. The molecule has 0 spiro atoms. The van der Waals surface area contributed by atoms with Crippen molar-refractivity contribution in [2.45, 2.75) is 17.3 Å². The van der Waals surface area contributed by atoms with Gasteiger partial charge < -0.3 is 9.47 Å². The van der Waals surface area contributed by atoms with E-state index in [1.807, 2.05) is 24.3 Å². The Morgan fingerprint density at radius 2 is 1.41 bits per heavy atom. The molecule has 0 radical (unpaired) electrons. The molecule has 2 aromatic carbocycles. The first kappa shape index (κ1) is 21.2. The second-order valence-corrected chi connectivity index (χ2v) is 7.64. The van der Waals surface area contributed by atoms with Crippen molar-refractivity contribution in [3.05, 3.63) is 59.7 Å². The van der Waals surface area contributed by atoms with Crippen molar-refractivity contribution in [3.63, 3.8) is 0 Å². The number of esters is 1. The largest absolute Gasteiger partial charge is 0.460 e. The molecule has 0 saturated carbocycles. The fraction of sp³-hybridized carbons (Fsp3) is 0.278. The number of carbonyl (C=O) groups excluding carboxylic acids is 1. The lowest BCUT2D eigenvalue weighted by Crippen LogP contribution is -2.55. The number of rotatable bonds is 6. The summed E-state index contributed by atoms with van der Waals surface area (Å²) < 4.78 is 91.7. The standard InChI is InChI=1S/C18H14F4O6S/c19-17(18(20,21)22,29(24,25)26)16(23)28-10-9-27-15-13-7-3-1-5-11(13)12-6-2-4-8-14(12)15/h1-8,15H,9-10H2,(H,24,25,26). The van der Waals surface area contributed by atoms with Gasteiger partial charge in [-0.2, -0.15) is 21.6 Å². The van der Waals surface area contributed by atoms with Crippen molar-refractivity contribution in [3.8, 4) is 11.1 Å². The molecular formula is C18H14F4O6S. The van der Waals surface area contributed by atoms with Crippen LogP contribution in [0.4, 0.5) is 17.6 Å². The molecule has 1 aliphatic carbocycles. The molecule has 156 valence electrons. The molecule has 1 aliphatic rings. The van der Waals surface area contributed by atoms with E-state index in [0.717, 1.165) is 22.3 Å². The highest BCUT2D eigenvalue weighted by atomic mass is 32.2. The van der Waals surface area contributed by atoms with Gasteiger partial charge in [0.1, 0.15) is 12.7 Å². The molecule has 0 saturated heterocycles. The van der Waals surface area contributed by atoms with E-state index in [-0.39, 0.29) is 0 Å². The van der Waals surface area contributed by atoms with Crippen LogP contribution in [0.2, 0.25) is 0 Å². The summed E-state index contributed by atoms with van der Waals surface area (Å²) in [5.74, 6) is -2.79. The first-order chi connectivity index (χ1) is 13.5. The number of alkyl halides is 4. The normalized spacial score (nSPS) is 16.0. The molecule has 0 heterocycles. The summed E-state index contributed by atoms with van der Waals surface area (Å²) in [6.45, 7) is -1.31. The van der Waals surface area contributed by atoms with Crippen LogP contribution in [0, 0.1) is 0 Å². The maximum atomic E-state index is 13.8. The summed E-state index contributed by atoms with van der Waals surface area (Å²) in [7, 11) is -6.46. The molecule has 1 N–H and O–H groups in total. The van der Waals surface area contributed by atoms with Crippen LogP contribution in [-0.4, -0.2) is 43.3 Å². The summed E-state index contributed by atoms with van der Waals surface area (Å²) in [6, 6.07) is 14.5. The molecule has 0 amide bonds. The Balaban J connectivity index is 1.69. The van der Waals surface area contributed by atoms with Crippen LogP contribution in [0.5, 0.6) is 0 Å². The highest BCUT2D eigenvalue weighted by molar-refractivity contribution is 7.88. The molecule has 0 aromatic heterocycles. The zero-order chi connectivity index (χ0) is 21.4. The molecular weight excluding hydrogens is 420 g/mol. The van der Waals surface area contributed by atoms with E-state index in [4.69, 9.17) is 9.29 Å². The van der Waals surface area contributed by atoms with Gasteiger partial charge in [0.15, 0.2) is 0 Å². The van der Waals surface area contributed by atoms with Gasteiger partial charge in [0.25, 0.3) is 0 Å². The molecule has 1 atom stereocenters. The Labute approximate surface area is 162 Å². The third-order valence-corrected chi connectivity index (χ3v) is 5.47. The average molecular weight is 434 g/mol. The van der Waals surface area contributed by atoms with Gasteiger partial charge in [0.05, 0.1) is 6.61 Å². The van der Waals surface area contributed by atoms with Crippen molar-refractivity contribution < 1.29 is 44.8 Å². The minimum Gasteiger partial charge on any atom is -0.460 e. The molecule has 2 aromatic rings. The molecule has 29 heavy (non-hydrogen) atoms. The summed E-state index contributed by atoms with van der Waals surface area (Å²) in [4.78, 5) is 11.4. The Morgan fingerprint density at radius 3 is 1.86 bits per heavy atom. The summed E-state index contributed by atoms with van der Waals surface area (Å²) in [5, 5.41) is -5.58. The monoisotopic (exact) mass is 434 g/mol. The van der Waals surface area contributed by atoms with Gasteiger partial charge in [-0.3, -0.25) is 4.55 Å². The van der Waals surface area contributed by atoms with Gasteiger partial charge in [-0.1, -0.05) is 48.5 Å². The average Bonchev–Trinajstić information content (AvgIpc) is 2.96. The van der Waals surface area contributed by atoms with Crippen LogP contribution in [0.15, 0.2) is 48.5 Å². The fourth-order valence-corrected chi connectivity index (χ4v) is 3.61. The minimum absolute atomic E-state index is 0.446. The summed E-state index contributed by atoms with van der Waals surface area (Å²) in [6.07, 6.45) is -6.82. The first-order valence-corrected chi connectivity index (χ1v) is 9.62. The van der Waals surface area contributed by atoms with Crippen molar-refractivity contribution in [2.24, 2.45) is 0 Å². The highest BCUT2D eigenvalue weighted by Crippen LogP contribution is 2.45. The van der Waals surface area contributed by atoms with E-state index >= 15 is 0 Å². The first-order valence-electron chi connectivity index (χ1n) is 8.18. The van der Waals surface area contributed by atoms with Crippen molar-refractivity contribution in [1.29, 1.82) is 0 Å². The third-order valence-electron chi connectivity index (χ3n) is 4.36. The van der Waals surface area contributed by atoms with Crippen LogP contribution in [0.3, 0.4) is 0 Å². The number of halogens is 4. The predicted molar refractivity (Wildman–Crippen MR) is 92.1 cm³/mol. The number of hydrogen-bond donors (Lipinski definition) is 1. The fourth-order valence-electron chi connectivity index (χ4n) is 3.05. The highest BCUT2D eigenvalue weighted by Gasteiger charge is 2.72. The number of benzene rings is 2. The third kappa shape index (κ3) is 3.61. The van der Waals surface area contributed by atoms with Crippen molar-refractivity contribution in [1.82, 2.24) is 0 Å². The Bertz CT molecular complexity index is 991. The smallest absolute Gasteiger partial charge is 0.451 e. The maximum absolute atomic E-state index is 13.8. The van der Waals surface area contributed by atoms with Gasteiger partial charge in [-0.25, -0.2) is 9.18 Å². The second kappa shape index (κ2) is 7.39. The molecule has 0 fully saturated rings. The molecule has 11 heteroatoms. The van der Waals surface area contributed by atoms with Crippen LogP contribution in [0.25, 0.3) is 11.1 Å². The Kier molecular flexibility index (Phi) is 5.41. The van der Waals surface area contributed by atoms with Gasteiger partial charge in [-0.15, -0.1) is 0 Å². The summed E-state index contributed by atoms with van der Waals surface area (Å²) in [5.41, 5.74) is 3.37. The van der Waals surface area contributed by atoms with Gasteiger partial charge in [-0.05, 0) is 22.3 Å². The lowest BCUT2D eigenvalue weighted by atomic mass is 10.1. The van der Waals surface area contributed by atoms with Gasteiger partial charge in [0.2, 0.25) is 0 Å². The molecule has 6 nitrogen and oxygen atoms in total. The maximum Gasteiger partial charge on any atom is 0.451 e. The predicted octanol–water partition coefficient (Wildman–Crippen LogP) is 3.43. The number of carbonyl (C=O) groups is 1. The van der Waals surface area contributed by atoms with Crippen LogP contribution in [-0.2, 0) is 24.4 Å². The number of ether oxygens (including phenoxy) is 2. The zero-order valence-electron chi connectivity index (χ0n) is 14.5. The Morgan fingerprint density at radius 1 is 0.931 bits per heavy atom. The Hall–Kier alpha value is -2.50. The second-order valence-electron chi connectivity index (χ2n) is 6.13. The topological polar surface area (TPSA) is 89.9 Å². The van der Waals surface area contributed by atoms with E-state index in [2.05, 4.69) is 4.74 Å². The van der Waals surface area contributed by atoms with Gasteiger partial charge in [0, 0.05) is 0 Å². The zero-order valence-corrected chi connectivity index (χ0v) is 15.3. The van der Waals surface area contributed by atoms with E-state index in [1.165, 1.54) is 0 Å². The minimum atomic E-state index is -6.46. The quantitative estimate of drug-likeness (QED) is 0.324. The lowest BCUT2D eigenvalue weighted by Gasteiger charge is -2.23. The van der Waals surface area contributed by atoms with Crippen molar-refractivity contribution in [2.75, 3.05) is 13.2 Å². The van der Waals surface area contributed by atoms with Crippen LogP contribution in [0.1, 0.15) is 17.2 Å². The van der Waals surface area contributed by atoms with E-state index < -0.39 is 46.6 Å². The van der Waals surface area contributed by atoms with Crippen molar-refractivity contribution >= 4 is 16.1 Å². The van der Waals surface area contributed by atoms with E-state index in [1.54, 1.807) is 24.3 Å². The summed E-state index contributed by atoms with van der Waals surface area (Å²) >= 11 is 0. The van der Waals surface area contributed by atoms with Gasteiger partial charge >= 0.3 is 27.3 Å². The van der Waals surface area contributed by atoms with E-state index in [0.29, 0.717) is 0 Å². The molecule has 0 aliphatic heterocycles. The van der Waals surface area contributed by atoms with Crippen LogP contribution >= 0.6 is 0 Å². The lowest BCUT2D eigenvalue weighted by molar-refractivity contribution is -0.215.